The first-order valence-electron chi connectivity index (χ1n) is 4.47. The Morgan fingerprint density at radius 2 is 2.13 bits per heavy atom. The van der Waals surface area contributed by atoms with Crippen LogP contribution in [0.25, 0.3) is 0 Å². The highest BCUT2D eigenvalue weighted by atomic mass is 32.2. The van der Waals surface area contributed by atoms with E-state index in [0.717, 1.165) is 0 Å². The van der Waals surface area contributed by atoms with Crippen LogP contribution in [-0.4, -0.2) is 44.6 Å². The van der Waals surface area contributed by atoms with Gasteiger partial charge in [-0.1, -0.05) is 0 Å². The van der Waals surface area contributed by atoms with Gasteiger partial charge in [0.25, 0.3) is 0 Å². The highest BCUT2D eigenvalue weighted by Gasteiger charge is 2.21. The van der Waals surface area contributed by atoms with Crippen molar-refractivity contribution in [2.24, 2.45) is 0 Å². The highest BCUT2D eigenvalue weighted by molar-refractivity contribution is 7.90. The van der Waals surface area contributed by atoms with Gasteiger partial charge in [0, 0.05) is 13.6 Å². The number of carbonyl (C=O) groups is 1. The van der Waals surface area contributed by atoms with Crippen molar-refractivity contribution in [3.05, 3.63) is 0 Å². The fourth-order valence-electron chi connectivity index (χ4n) is 0.668. The van der Waals surface area contributed by atoms with Gasteiger partial charge in [-0.3, -0.25) is 4.79 Å². The third-order valence-corrected chi connectivity index (χ3v) is 3.55. The van der Waals surface area contributed by atoms with Crippen molar-refractivity contribution in [1.82, 2.24) is 9.62 Å². The maximum absolute atomic E-state index is 11.3. The van der Waals surface area contributed by atoms with E-state index in [-0.39, 0.29) is 12.5 Å². The quantitative estimate of drug-likeness (QED) is 0.679. The van der Waals surface area contributed by atoms with Crippen molar-refractivity contribution in [1.29, 1.82) is 5.26 Å². The molecule has 0 aliphatic heterocycles. The number of nitrogens with zero attached hydrogens (tertiary/aromatic N) is 2. The van der Waals surface area contributed by atoms with E-state index in [0.29, 0.717) is 6.54 Å². The van der Waals surface area contributed by atoms with Gasteiger partial charge >= 0.3 is 0 Å². The van der Waals surface area contributed by atoms with Crippen molar-refractivity contribution in [3.63, 3.8) is 0 Å². The second kappa shape index (κ2) is 5.68. The van der Waals surface area contributed by atoms with Crippen LogP contribution in [0.5, 0.6) is 0 Å². The number of amides is 1. The van der Waals surface area contributed by atoms with Gasteiger partial charge in [0.2, 0.25) is 15.9 Å². The zero-order chi connectivity index (χ0) is 12.1. The predicted octanol–water partition coefficient (Wildman–Crippen LogP) is -0.704. The van der Waals surface area contributed by atoms with Gasteiger partial charge in [-0.05, 0) is 13.8 Å². The Morgan fingerprint density at radius 1 is 1.60 bits per heavy atom. The first-order chi connectivity index (χ1) is 6.85. The van der Waals surface area contributed by atoms with E-state index >= 15 is 0 Å². The minimum Gasteiger partial charge on any atom is -0.345 e. The summed E-state index contributed by atoms with van der Waals surface area (Å²) in [7, 11) is -2.13. The fourth-order valence-corrected chi connectivity index (χ4v) is 1.38. The maximum atomic E-state index is 11.3. The van der Waals surface area contributed by atoms with Crippen LogP contribution in [0.4, 0.5) is 0 Å². The zero-order valence-electron chi connectivity index (χ0n) is 9.02. The topological polar surface area (TPSA) is 90.3 Å². The number of carbonyl (C=O) groups excluding carboxylic acids is 1. The molecule has 0 radical (unpaired) electrons. The van der Waals surface area contributed by atoms with E-state index in [9.17, 15) is 13.2 Å². The summed E-state index contributed by atoms with van der Waals surface area (Å²) in [4.78, 5) is 12.6. The Bertz CT molecular complexity index is 358. The molecule has 7 heteroatoms. The van der Waals surface area contributed by atoms with Gasteiger partial charge in [0.05, 0.1) is 12.6 Å². The molecule has 0 saturated heterocycles. The van der Waals surface area contributed by atoms with Crippen LogP contribution in [0.2, 0.25) is 0 Å². The third kappa shape index (κ3) is 4.27. The van der Waals surface area contributed by atoms with Crippen LogP contribution in [0, 0.1) is 11.3 Å². The summed E-state index contributed by atoms with van der Waals surface area (Å²) >= 11 is 0. The summed E-state index contributed by atoms with van der Waals surface area (Å²) in [6, 6.07) is 1.60. The van der Waals surface area contributed by atoms with Crippen LogP contribution in [-0.2, 0) is 14.8 Å². The monoisotopic (exact) mass is 233 g/mol. The standard InChI is InChI=1S/C8H15N3O3S/c1-4-11(3)8(12)6-10-15(13,14)7(2)5-9/h7,10H,4,6H2,1-3H3. The average molecular weight is 233 g/mol. The first-order valence-corrected chi connectivity index (χ1v) is 6.01. The van der Waals surface area contributed by atoms with E-state index in [2.05, 4.69) is 4.72 Å². The zero-order valence-corrected chi connectivity index (χ0v) is 9.84. The molecule has 0 aliphatic carbocycles. The average Bonchev–Trinajstić information content (AvgIpc) is 2.23. The molecule has 0 fully saturated rings. The largest absolute Gasteiger partial charge is 0.345 e. The fraction of sp³-hybridized carbons (Fsp3) is 0.750. The number of rotatable bonds is 5. The van der Waals surface area contributed by atoms with Gasteiger partial charge in [-0.25, -0.2) is 13.1 Å². The number of sulfonamides is 1. The molecule has 0 aromatic rings. The number of nitriles is 1. The Morgan fingerprint density at radius 3 is 2.53 bits per heavy atom. The smallest absolute Gasteiger partial charge is 0.237 e. The molecule has 6 nitrogen and oxygen atoms in total. The summed E-state index contributed by atoms with van der Waals surface area (Å²) in [6.45, 7) is 3.24. The Labute approximate surface area is 89.9 Å². The number of hydrogen-bond donors (Lipinski definition) is 1. The van der Waals surface area contributed by atoms with E-state index in [4.69, 9.17) is 5.26 Å². The van der Waals surface area contributed by atoms with Crippen molar-refractivity contribution in [2.45, 2.75) is 19.1 Å². The molecule has 1 atom stereocenters. The third-order valence-electron chi connectivity index (χ3n) is 1.97. The van der Waals surface area contributed by atoms with Crippen LogP contribution in [0.1, 0.15) is 13.8 Å². The van der Waals surface area contributed by atoms with Crippen molar-refractivity contribution in [3.8, 4) is 6.07 Å². The van der Waals surface area contributed by atoms with Gasteiger partial charge in [0.1, 0.15) is 0 Å². The Balaban J connectivity index is 4.30. The SMILES string of the molecule is CCN(C)C(=O)CNS(=O)(=O)C(C)C#N. The normalized spacial score (nSPS) is 12.9. The second-order valence-electron chi connectivity index (χ2n) is 3.05. The molecule has 0 rings (SSSR count). The van der Waals surface area contributed by atoms with Crippen LogP contribution < -0.4 is 4.72 Å². The van der Waals surface area contributed by atoms with Gasteiger partial charge in [0.15, 0.2) is 5.25 Å². The maximum Gasteiger partial charge on any atom is 0.237 e. The number of nitrogens with one attached hydrogen (secondary N) is 1. The van der Waals surface area contributed by atoms with Gasteiger partial charge in [-0.15, -0.1) is 0 Å². The molecule has 0 bridgehead atoms. The molecule has 0 aromatic carbocycles. The van der Waals surface area contributed by atoms with Crippen molar-refractivity contribution >= 4 is 15.9 Å². The minimum absolute atomic E-state index is 0.307. The van der Waals surface area contributed by atoms with Gasteiger partial charge < -0.3 is 4.90 Å². The van der Waals surface area contributed by atoms with Crippen molar-refractivity contribution < 1.29 is 13.2 Å². The molecular formula is C8H15N3O3S. The van der Waals surface area contributed by atoms with Crippen LogP contribution in [0.3, 0.4) is 0 Å². The minimum atomic E-state index is -3.71. The molecule has 1 amide bonds. The van der Waals surface area contributed by atoms with E-state index < -0.39 is 15.3 Å². The molecule has 0 saturated carbocycles. The summed E-state index contributed by atoms with van der Waals surface area (Å²) in [5.41, 5.74) is 0. The molecule has 1 N–H and O–H groups in total. The Hall–Kier alpha value is -1.13. The molecule has 0 heterocycles. The lowest BCUT2D eigenvalue weighted by atomic mass is 10.5. The van der Waals surface area contributed by atoms with E-state index in [1.54, 1.807) is 20.0 Å². The van der Waals surface area contributed by atoms with E-state index in [1.807, 2.05) is 0 Å². The molecular weight excluding hydrogens is 218 g/mol. The summed E-state index contributed by atoms with van der Waals surface area (Å²) in [5.74, 6) is -0.328. The summed E-state index contributed by atoms with van der Waals surface area (Å²) in [5, 5.41) is 7.27. The molecule has 0 aromatic heterocycles. The highest BCUT2D eigenvalue weighted by Crippen LogP contribution is 1.95. The number of hydrogen-bond acceptors (Lipinski definition) is 4. The molecule has 15 heavy (non-hydrogen) atoms. The molecule has 86 valence electrons. The number of likely N-dealkylation sites (N-methyl/N-ethyl adjacent to an activating group) is 1. The lowest BCUT2D eigenvalue weighted by Gasteiger charge is -2.15. The summed E-state index contributed by atoms with van der Waals surface area (Å²) in [6.07, 6.45) is 0. The first kappa shape index (κ1) is 13.9. The molecule has 0 aliphatic rings. The van der Waals surface area contributed by atoms with Crippen LogP contribution >= 0.6 is 0 Å². The lowest BCUT2D eigenvalue weighted by Crippen LogP contribution is -2.40. The molecule has 1 unspecified atom stereocenters. The second-order valence-corrected chi connectivity index (χ2v) is 5.13. The van der Waals surface area contributed by atoms with Crippen LogP contribution in [0.15, 0.2) is 0 Å². The van der Waals surface area contributed by atoms with Crippen molar-refractivity contribution in [2.75, 3.05) is 20.1 Å². The Kier molecular flexibility index (Phi) is 5.25. The van der Waals surface area contributed by atoms with E-state index in [1.165, 1.54) is 11.8 Å². The summed E-state index contributed by atoms with van der Waals surface area (Å²) < 4.78 is 24.6. The lowest BCUT2D eigenvalue weighted by molar-refractivity contribution is -0.128. The van der Waals surface area contributed by atoms with Gasteiger partial charge in [-0.2, -0.15) is 5.26 Å². The predicted molar refractivity (Wildman–Crippen MR) is 55.3 cm³/mol. The molecule has 0 spiro atoms.